The molecule has 1 aliphatic heterocycles. The van der Waals surface area contributed by atoms with E-state index in [0.717, 1.165) is 38.4 Å². The topological polar surface area (TPSA) is 60.5 Å². The minimum atomic E-state index is 0.311. The Morgan fingerprint density at radius 3 is 1.85 bits per heavy atom. The van der Waals surface area contributed by atoms with Gasteiger partial charge in [0.25, 0.3) is 0 Å². The highest BCUT2D eigenvalue weighted by Crippen LogP contribution is 2.16. The molecule has 1 aliphatic rings. The van der Waals surface area contributed by atoms with Gasteiger partial charge in [-0.25, -0.2) is 0 Å². The molecule has 0 amide bonds. The summed E-state index contributed by atoms with van der Waals surface area (Å²) in [6, 6.07) is 15.3. The van der Waals surface area contributed by atoms with E-state index in [-0.39, 0.29) is 0 Å². The molecule has 2 aromatic carbocycles. The lowest BCUT2D eigenvalue weighted by Gasteiger charge is -2.05. The van der Waals surface area contributed by atoms with Crippen molar-refractivity contribution in [1.29, 1.82) is 0 Å². The molecule has 142 valence electrons. The quantitative estimate of drug-likeness (QED) is 0.696. The Bertz CT molecular complexity index is 605. The summed E-state index contributed by atoms with van der Waals surface area (Å²) in [6.45, 7) is 2.99. The van der Waals surface area contributed by atoms with E-state index in [1.165, 1.54) is 11.1 Å². The zero-order valence-corrected chi connectivity index (χ0v) is 15.5. The molecule has 2 aromatic rings. The van der Waals surface area contributed by atoms with Crippen LogP contribution in [0.3, 0.4) is 0 Å². The summed E-state index contributed by atoms with van der Waals surface area (Å²) in [5.74, 6) is 1.22. The second-order valence-electron chi connectivity index (χ2n) is 6.06. The molecule has 1 N–H and O–H groups in total. The highest BCUT2D eigenvalue weighted by atomic mass is 16.6. The Hall–Kier alpha value is -2.08. The molecule has 0 radical (unpaired) electrons. The molecular formula is C21H28O5. The lowest BCUT2D eigenvalue weighted by molar-refractivity contribution is 0.202. The highest BCUT2D eigenvalue weighted by Gasteiger charge is 2.22. The minimum absolute atomic E-state index is 0.311. The fourth-order valence-corrected chi connectivity index (χ4v) is 2.21. The Morgan fingerprint density at radius 1 is 0.885 bits per heavy atom. The third kappa shape index (κ3) is 8.34. The summed E-state index contributed by atoms with van der Waals surface area (Å²) in [4.78, 5) is 0. The second-order valence-corrected chi connectivity index (χ2v) is 6.06. The van der Waals surface area contributed by atoms with Crippen molar-refractivity contribution in [3.05, 3.63) is 59.7 Å². The summed E-state index contributed by atoms with van der Waals surface area (Å²) in [5.41, 5.74) is 2.46. The average molecular weight is 360 g/mol. The number of hydrogen-bond acceptors (Lipinski definition) is 5. The maximum absolute atomic E-state index is 8.95. The Morgan fingerprint density at radius 2 is 1.38 bits per heavy atom. The fraction of sp³-hybridized carbons (Fsp3) is 0.429. The van der Waals surface area contributed by atoms with Gasteiger partial charge in [0, 0.05) is 14.2 Å². The van der Waals surface area contributed by atoms with E-state index < -0.39 is 0 Å². The van der Waals surface area contributed by atoms with Crippen LogP contribution in [-0.4, -0.2) is 51.9 Å². The minimum Gasteiger partial charge on any atom is -0.508 e. The summed E-state index contributed by atoms with van der Waals surface area (Å²) < 4.78 is 20.5. The molecule has 0 saturated carbocycles. The van der Waals surface area contributed by atoms with E-state index in [2.05, 4.69) is 12.1 Å². The van der Waals surface area contributed by atoms with Gasteiger partial charge in [-0.05, 0) is 48.2 Å². The zero-order chi connectivity index (χ0) is 18.6. The summed E-state index contributed by atoms with van der Waals surface area (Å²) in [7, 11) is 3.40. The molecule has 1 fully saturated rings. The van der Waals surface area contributed by atoms with Crippen molar-refractivity contribution in [2.45, 2.75) is 18.9 Å². The van der Waals surface area contributed by atoms with Gasteiger partial charge in [0.2, 0.25) is 0 Å². The SMILES string of the molecule is COCCc1ccc(O)cc1.COCCc1ccc(OCC2CO2)cc1. The van der Waals surface area contributed by atoms with Crippen LogP contribution < -0.4 is 4.74 Å². The van der Waals surface area contributed by atoms with Crippen LogP contribution in [0.25, 0.3) is 0 Å². The van der Waals surface area contributed by atoms with Gasteiger partial charge in [0.15, 0.2) is 0 Å². The first-order valence-corrected chi connectivity index (χ1v) is 8.80. The summed E-state index contributed by atoms with van der Waals surface area (Å²) >= 11 is 0. The number of hydrogen-bond donors (Lipinski definition) is 1. The standard InChI is InChI=1S/C12H16O3.C9H12O2/c1-13-7-6-10-2-4-11(5-3-10)14-8-12-9-15-12;1-11-7-6-8-2-4-9(10)5-3-8/h2-5,12H,6-9H2,1H3;2-5,10H,6-7H2,1H3. The van der Waals surface area contributed by atoms with E-state index in [1.54, 1.807) is 26.4 Å². The van der Waals surface area contributed by atoms with Gasteiger partial charge < -0.3 is 24.1 Å². The second kappa shape index (κ2) is 11.5. The first kappa shape index (κ1) is 20.2. The van der Waals surface area contributed by atoms with Gasteiger partial charge in [-0.2, -0.15) is 0 Å². The van der Waals surface area contributed by atoms with Gasteiger partial charge in [-0.1, -0.05) is 24.3 Å². The lowest BCUT2D eigenvalue weighted by Crippen LogP contribution is -2.04. The predicted octanol–water partition coefficient (Wildman–Crippen LogP) is 3.23. The molecule has 1 saturated heterocycles. The van der Waals surface area contributed by atoms with Gasteiger partial charge >= 0.3 is 0 Å². The van der Waals surface area contributed by atoms with Crippen LogP contribution in [0.4, 0.5) is 0 Å². The van der Waals surface area contributed by atoms with Crippen LogP contribution in [0.15, 0.2) is 48.5 Å². The normalized spacial score (nSPS) is 15.1. The number of ether oxygens (including phenoxy) is 4. The van der Waals surface area contributed by atoms with Crippen molar-refractivity contribution in [2.24, 2.45) is 0 Å². The van der Waals surface area contributed by atoms with Crippen molar-refractivity contribution in [2.75, 3.05) is 40.6 Å². The molecule has 5 nitrogen and oxygen atoms in total. The molecule has 1 heterocycles. The van der Waals surface area contributed by atoms with E-state index >= 15 is 0 Å². The Kier molecular flexibility index (Phi) is 8.96. The molecule has 1 unspecified atom stereocenters. The monoisotopic (exact) mass is 360 g/mol. The highest BCUT2D eigenvalue weighted by molar-refractivity contribution is 5.27. The van der Waals surface area contributed by atoms with Crippen molar-refractivity contribution in [3.63, 3.8) is 0 Å². The van der Waals surface area contributed by atoms with Crippen molar-refractivity contribution < 1.29 is 24.1 Å². The number of epoxide rings is 1. The molecule has 1 atom stereocenters. The Labute approximate surface area is 155 Å². The zero-order valence-electron chi connectivity index (χ0n) is 15.5. The Balaban J connectivity index is 0.000000197. The van der Waals surface area contributed by atoms with E-state index in [1.807, 2.05) is 24.3 Å². The van der Waals surface area contributed by atoms with Gasteiger partial charge in [0.1, 0.15) is 24.2 Å². The van der Waals surface area contributed by atoms with Crippen molar-refractivity contribution >= 4 is 0 Å². The molecule has 0 aliphatic carbocycles. The van der Waals surface area contributed by atoms with Crippen LogP contribution in [0.1, 0.15) is 11.1 Å². The number of aromatic hydroxyl groups is 1. The predicted molar refractivity (Wildman–Crippen MR) is 101 cm³/mol. The molecular weight excluding hydrogens is 332 g/mol. The molecule has 26 heavy (non-hydrogen) atoms. The van der Waals surface area contributed by atoms with Crippen molar-refractivity contribution in [1.82, 2.24) is 0 Å². The molecule has 0 spiro atoms. The number of phenols is 1. The molecule has 0 bridgehead atoms. The van der Waals surface area contributed by atoms with E-state index in [9.17, 15) is 0 Å². The number of benzene rings is 2. The third-order valence-electron chi connectivity index (χ3n) is 3.89. The van der Waals surface area contributed by atoms with E-state index in [4.69, 9.17) is 24.1 Å². The van der Waals surface area contributed by atoms with Gasteiger partial charge in [0.05, 0.1) is 19.8 Å². The first-order chi connectivity index (χ1) is 12.7. The maximum atomic E-state index is 8.95. The summed E-state index contributed by atoms with van der Waals surface area (Å²) in [5, 5.41) is 8.95. The van der Waals surface area contributed by atoms with E-state index in [0.29, 0.717) is 18.5 Å². The summed E-state index contributed by atoms with van der Waals surface area (Å²) in [6.07, 6.45) is 2.16. The number of phenolic OH excluding ortho intramolecular Hbond substituents is 1. The average Bonchev–Trinajstić information content (AvgIpc) is 3.50. The van der Waals surface area contributed by atoms with Gasteiger partial charge in [-0.3, -0.25) is 0 Å². The van der Waals surface area contributed by atoms with Crippen LogP contribution in [0.2, 0.25) is 0 Å². The lowest BCUT2D eigenvalue weighted by atomic mass is 10.1. The number of methoxy groups -OCH3 is 2. The van der Waals surface area contributed by atoms with Crippen LogP contribution >= 0.6 is 0 Å². The largest absolute Gasteiger partial charge is 0.508 e. The number of rotatable bonds is 9. The molecule has 0 aromatic heterocycles. The van der Waals surface area contributed by atoms with Crippen LogP contribution in [-0.2, 0) is 27.1 Å². The first-order valence-electron chi connectivity index (χ1n) is 8.80. The fourth-order valence-electron chi connectivity index (χ4n) is 2.21. The van der Waals surface area contributed by atoms with Crippen LogP contribution in [0, 0.1) is 0 Å². The maximum Gasteiger partial charge on any atom is 0.119 e. The van der Waals surface area contributed by atoms with Crippen molar-refractivity contribution in [3.8, 4) is 11.5 Å². The molecule has 5 heteroatoms. The third-order valence-corrected chi connectivity index (χ3v) is 3.89. The molecule has 3 rings (SSSR count). The smallest absolute Gasteiger partial charge is 0.119 e. The van der Waals surface area contributed by atoms with Gasteiger partial charge in [-0.15, -0.1) is 0 Å². The van der Waals surface area contributed by atoms with Crippen LogP contribution in [0.5, 0.6) is 11.5 Å².